The van der Waals surface area contributed by atoms with E-state index in [2.05, 4.69) is 10.3 Å². The Bertz CT molecular complexity index is 695. The zero-order valence-electron chi connectivity index (χ0n) is 11.8. The second kappa shape index (κ2) is 5.92. The summed E-state index contributed by atoms with van der Waals surface area (Å²) in [5, 5.41) is 2.80. The minimum absolute atomic E-state index is 0.0653. The highest BCUT2D eigenvalue weighted by Gasteiger charge is 2.31. The summed E-state index contributed by atoms with van der Waals surface area (Å²) in [5.74, 6) is -0.575. The maximum atomic E-state index is 12.8. The lowest BCUT2D eigenvalue weighted by Gasteiger charge is -2.19. The number of H-pyrrole nitrogens is 1. The van der Waals surface area contributed by atoms with Crippen LogP contribution < -0.4 is 10.2 Å². The fourth-order valence-corrected chi connectivity index (χ4v) is 2.05. The van der Waals surface area contributed by atoms with Crippen LogP contribution in [0.3, 0.4) is 0 Å². The van der Waals surface area contributed by atoms with Gasteiger partial charge in [0.2, 0.25) is 0 Å². The third-order valence-electron chi connectivity index (χ3n) is 2.95. The molecule has 0 bridgehead atoms. The van der Waals surface area contributed by atoms with Crippen LogP contribution in [0.15, 0.2) is 30.5 Å². The Morgan fingerprint density at radius 1 is 1.27 bits per heavy atom. The first-order chi connectivity index (χ1) is 10.2. The minimum Gasteiger partial charge on any atom is -0.376 e. The lowest BCUT2D eigenvalue weighted by molar-refractivity contribution is -0.137. The highest BCUT2D eigenvalue weighted by Crippen LogP contribution is 2.35. The van der Waals surface area contributed by atoms with Crippen LogP contribution in [0, 0.1) is 0 Å². The average Bonchev–Trinajstić information content (AvgIpc) is 2.84. The molecular formula is C14H13ClF3N3O. The predicted octanol–water partition coefficient (Wildman–Crippen LogP) is 4.01. The number of nitrogens with one attached hydrogen (secondary N) is 2. The summed E-state index contributed by atoms with van der Waals surface area (Å²) < 4.78 is 38.4. The van der Waals surface area contributed by atoms with Gasteiger partial charge in [0.25, 0.3) is 5.91 Å². The van der Waals surface area contributed by atoms with Gasteiger partial charge in [0.1, 0.15) is 5.69 Å². The molecule has 0 aliphatic rings. The first kappa shape index (κ1) is 16.2. The van der Waals surface area contributed by atoms with Gasteiger partial charge in [-0.05, 0) is 24.3 Å². The van der Waals surface area contributed by atoms with Crippen LogP contribution in [-0.2, 0) is 6.18 Å². The Hall–Kier alpha value is -2.15. The Kier molecular flexibility index (Phi) is 4.37. The molecule has 0 aliphatic heterocycles. The van der Waals surface area contributed by atoms with Gasteiger partial charge in [0.05, 0.1) is 22.0 Å². The molecule has 1 heterocycles. The van der Waals surface area contributed by atoms with E-state index >= 15 is 0 Å². The number of anilines is 2. The average molecular weight is 332 g/mol. The standard InChI is InChI=1S/C14H13ClF3N3O/c1-21(2)12-4-3-8(14(16,17)18)5-10(12)20-13(22)11-6-9(15)7-19-11/h3-7,19H,1-2H3,(H,20,22). The van der Waals surface area contributed by atoms with E-state index in [1.54, 1.807) is 19.0 Å². The molecular weight excluding hydrogens is 319 g/mol. The van der Waals surface area contributed by atoms with Crippen LogP contribution in [0.4, 0.5) is 24.5 Å². The van der Waals surface area contributed by atoms with Crippen molar-refractivity contribution in [1.82, 2.24) is 4.98 Å². The van der Waals surface area contributed by atoms with Gasteiger partial charge in [0.15, 0.2) is 0 Å². The van der Waals surface area contributed by atoms with E-state index in [1.165, 1.54) is 18.3 Å². The van der Waals surface area contributed by atoms with Crippen molar-refractivity contribution in [3.63, 3.8) is 0 Å². The summed E-state index contributed by atoms with van der Waals surface area (Å²) in [6, 6.07) is 4.56. The number of aromatic nitrogens is 1. The molecule has 0 saturated heterocycles. The number of benzene rings is 1. The summed E-state index contributed by atoms with van der Waals surface area (Å²) in [6.45, 7) is 0. The van der Waals surface area contributed by atoms with Gasteiger partial charge in [-0.15, -0.1) is 0 Å². The number of aromatic amines is 1. The molecule has 2 rings (SSSR count). The minimum atomic E-state index is -4.49. The third-order valence-corrected chi connectivity index (χ3v) is 3.16. The molecule has 8 heteroatoms. The van der Waals surface area contributed by atoms with Crippen molar-refractivity contribution in [3.05, 3.63) is 46.7 Å². The van der Waals surface area contributed by atoms with Crippen molar-refractivity contribution in [2.24, 2.45) is 0 Å². The van der Waals surface area contributed by atoms with Crippen molar-refractivity contribution < 1.29 is 18.0 Å². The Morgan fingerprint density at radius 3 is 2.45 bits per heavy atom. The molecule has 1 aromatic heterocycles. The van der Waals surface area contributed by atoms with E-state index in [0.717, 1.165) is 12.1 Å². The highest BCUT2D eigenvalue weighted by atomic mass is 35.5. The quantitative estimate of drug-likeness (QED) is 0.893. The zero-order valence-corrected chi connectivity index (χ0v) is 12.5. The van der Waals surface area contributed by atoms with E-state index in [1.807, 2.05) is 0 Å². The maximum absolute atomic E-state index is 12.8. The topological polar surface area (TPSA) is 48.1 Å². The van der Waals surface area contributed by atoms with Gasteiger partial charge in [-0.25, -0.2) is 0 Å². The number of carbonyl (C=O) groups excluding carboxylic acids is 1. The summed E-state index contributed by atoms with van der Waals surface area (Å²) >= 11 is 5.71. The molecule has 0 atom stereocenters. The fourth-order valence-electron chi connectivity index (χ4n) is 1.89. The van der Waals surface area contributed by atoms with Crippen molar-refractivity contribution in [1.29, 1.82) is 0 Å². The van der Waals surface area contributed by atoms with Crippen molar-refractivity contribution in [2.45, 2.75) is 6.18 Å². The number of carbonyl (C=O) groups is 1. The van der Waals surface area contributed by atoms with Crippen molar-refractivity contribution >= 4 is 28.9 Å². The van der Waals surface area contributed by atoms with Crippen LogP contribution in [0.5, 0.6) is 0 Å². The van der Waals surface area contributed by atoms with E-state index < -0.39 is 17.6 Å². The van der Waals surface area contributed by atoms with Gasteiger partial charge in [0, 0.05) is 20.3 Å². The molecule has 0 radical (unpaired) electrons. The molecule has 118 valence electrons. The lowest BCUT2D eigenvalue weighted by Crippen LogP contribution is -2.18. The number of alkyl halides is 3. The van der Waals surface area contributed by atoms with E-state index in [9.17, 15) is 18.0 Å². The van der Waals surface area contributed by atoms with Gasteiger partial charge in [-0.2, -0.15) is 13.2 Å². The van der Waals surface area contributed by atoms with Gasteiger partial charge in [-0.3, -0.25) is 4.79 Å². The number of halogens is 4. The van der Waals surface area contributed by atoms with Crippen LogP contribution in [0.2, 0.25) is 5.02 Å². The second-order valence-electron chi connectivity index (χ2n) is 4.81. The predicted molar refractivity (Wildman–Crippen MR) is 79.5 cm³/mol. The van der Waals surface area contributed by atoms with Crippen LogP contribution in [0.25, 0.3) is 0 Å². The van der Waals surface area contributed by atoms with E-state index in [-0.39, 0.29) is 11.4 Å². The number of amides is 1. The van der Waals surface area contributed by atoms with Crippen molar-refractivity contribution in [2.75, 3.05) is 24.3 Å². The van der Waals surface area contributed by atoms with Crippen LogP contribution in [0.1, 0.15) is 16.1 Å². The molecule has 0 fully saturated rings. The summed E-state index contributed by atoms with van der Waals surface area (Å²) in [7, 11) is 3.34. The Labute approximate surface area is 129 Å². The van der Waals surface area contributed by atoms with Crippen LogP contribution in [-0.4, -0.2) is 25.0 Å². The normalized spacial score (nSPS) is 11.4. The Balaban J connectivity index is 2.37. The van der Waals surface area contributed by atoms with Gasteiger partial charge < -0.3 is 15.2 Å². The zero-order chi connectivity index (χ0) is 16.5. The molecule has 2 aromatic rings. The monoisotopic (exact) mass is 331 g/mol. The molecule has 0 unspecified atom stereocenters. The summed E-state index contributed by atoms with van der Waals surface area (Å²) in [6.07, 6.45) is -3.07. The highest BCUT2D eigenvalue weighted by molar-refractivity contribution is 6.31. The third kappa shape index (κ3) is 3.54. The summed E-state index contributed by atoms with van der Waals surface area (Å²) in [4.78, 5) is 16.3. The molecule has 0 saturated carbocycles. The molecule has 2 N–H and O–H groups in total. The fraction of sp³-hybridized carbons (Fsp3) is 0.214. The smallest absolute Gasteiger partial charge is 0.376 e. The molecule has 0 spiro atoms. The van der Waals surface area contributed by atoms with E-state index in [0.29, 0.717) is 10.7 Å². The Morgan fingerprint density at radius 2 is 1.95 bits per heavy atom. The maximum Gasteiger partial charge on any atom is 0.416 e. The molecule has 0 aliphatic carbocycles. The van der Waals surface area contributed by atoms with E-state index in [4.69, 9.17) is 11.6 Å². The van der Waals surface area contributed by atoms with Crippen molar-refractivity contribution in [3.8, 4) is 0 Å². The summed E-state index contributed by atoms with van der Waals surface area (Å²) in [5.41, 5.74) is -0.153. The van der Waals surface area contributed by atoms with Gasteiger partial charge >= 0.3 is 6.18 Å². The van der Waals surface area contributed by atoms with Gasteiger partial charge in [-0.1, -0.05) is 11.6 Å². The number of nitrogens with zero attached hydrogens (tertiary/aromatic N) is 1. The first-order valence-electron chi connectivity index (χ1n) is 6.22. The number of rotatable bonds is 3. The lowest BCUT2D eigenvalue weighted by atomic mass is 10.1. The number of hydrogen-bond acceptors (Lipinski definition) is 2. The first-order valence-corrected chi connectivity index (χ1v) is 6.60. The molecule has 4 nitrogen and oxygen atoms in total. The SMILES string of the molecule is CN(C)c1ccc(C(F)(F)F)cc1NC(=O)c1cc(Cl)c[nH]1. The molecule has 1 amide bonds. The van der Waals surface area contributed by atoms with Crippen LogP contribution >= 0.6 is 11.6 Å². The number of hydrogen-bond donors (Lipinski definition) is 2. The largest absolute Gasteiger partial charge is 0.416 e. The molecule has 1 aromatic carbocycles. The second-order valence-corrected chi connectivity index (χ2v) is 5.25. The molecule has 22 heavy (non-hydrogen) atoms.